The lowest BCUT2D eigenvalue weighted by atomic mass is 9.77. The van der Waals surface area contributed by atoms with Gasteiger partial charge in [0.2, 0.25) is 0 Å². The van der Waals surface area contributed by atoms with Gasteiger partial charge in [0.05, 0.1) is 6.17 Å². The molecule has 0 heterocycles. The zero-order chi connectivity index (χ0) is 10.8. The van der Waals surface area contributed by atoms with Crippen LogP contribution in [-0.4, -0.2) is 18.2 Å². The van der Waals surface area contributed by atoms with E-state index in [9.17, 15) is 0 Å². The van der Waals surface area contributed by atoms with Gasteiger partial charge in [0.1, 0.15) is 0 Å². The van der Waals surface area contributed by atoms with E-state index in [-0.39, 0.29) is 12.2 Å². The molecule has 15 heavy (non-hydrogen) atoms. The van der Waals surface area contributed by atoms with Crippen molar-refractivity contribution in [2.75, 3.05) is 0 Å². The maximum Gasteiger partial charge on any atom is 0.0519 e. The maximum atomic E-state index is 6.11. The van der Waals surface area contributed by atoms with Gasteiger partial charge in [0.15, 0.2) is 0 Å². The van der Waals surface area contributed by atoms with Crippen molar-refractivity contribution in [3.8, 4) is 0 Å². The predicted molar refractivity (Wildman–Crippen MR) is 63.0 cm³/mol. The van der Waals surface area contributed by atoms with Gasteiger partial charge in [-0.25, -0.2) is 0 Å². The van der Waals surface area contributed by atoms with Gasteiger partial charge in [-0.1, -0.05) is 30.4 Å². The van der Waals surface area contributed by atoms with Crippen molar-refractivity contribution < 1.29 is 0 Å². The molecule has 0 fully saturated rings. The summed E-state index contributed by atoms with van der Waals surface area (Å²) in [6.07, 6.45) is 11.6. The zero-order valence-electron chi connectivity index (χ0n) is 9.06. The Morgan fingerprint density at radius 3 is 3.07 bits per heavy atom. The van der Waals surface area contributed by atoms with Gasteiger partial charge in [0.25, 0.3) is 0 Å². The molecule has 2 aliphatic rings. The summed E-state index contributed by atoms with van der Waals surface area (Å²) >= 11 is 0. The molecule has 0 aromatic carbocycles. The Morgan fingerprint density at radius 2 is 2.33 bits per heavy atom. The van der Waals surface area contributed by atoms with Crippen molar-refractivity contribution in [2.45, 2.75) is 31.6 Å². The summed E-state index contributed by atoms with van der Waals surface area (Å²) in [7, 11) is 0. The first kappa shape index (κ1) is 10.6. The lowest BCUT2D eigenvalue weighted by Crippen LogP contribution is -2.51. The van der Waals surface area contributed by atoms with Crippen LogP contribution in [0, 0.1) is 5.92 Å². The van der Waals surface area contributed by atoms with Crippen molar-refractivity contribution in [1.82, 2.24) is 5.32 Å². The third-order valence-corrected chi connectivity index (χ3v) is 3.03. The summed E-state index contributed by atoms with van der Waals surface area (Å²) in [5.41, 5.74) is 13.2. The minimum Gasteiger partial charge on any atom is -0.324 e. The number of fused-ring (bicyclic) bond motifs is 1. The summed E-state index contributed by atoms with van der Waals surface area (Å²) in [4.78, 5) is 0. The molecule has 5 N–H and O–H groups in total. The monoisotopic (exact) mass is 205 g/mol. The van der Waals surface area contributed by atoms with E-state index in [2.05, 4.69) is 29.6 Å². The van der Waals surface area contributed by atoms with E-state index >= 15 is 0 Å². The number of hydrogen-bond acceptors (Lipinski definition) is 3. The Hall–Kier alpha value is -0.900. The van der Waals surface area contributed by atoms with Gasteiger partial charge in [-0.15, -0.1) is 0 Å². The molecule has 2 aliphatic carbocycles. The third kappa shape index (κ3) is 2.20. The minimum atomic E-state index is 0.0147. The molecule has 0 radical (unpaired) electrons. The van der Waals surface area contributed by atoms with Gasteiger partial charge in [-0.05, 0) is 18.9 Å². The summed E-state index contributed by atoms with van der Waals surface area (Å²) < 4.78 is 0. The van der Waals surface area contributed by atoms with Gasteiger partial charge in [-0.2, -0.15) is 0 Å². The molecule has 0 amide bonds. The third-order valence-electron chi connectivity index (χ3n) is 3.03. The maximum absolute atomic E-state index is 6.11. The van der Waals surface area contributed by atoms with Crippen molar-refractivity contribution in [2.24, 2.45) is 17.4 Å². The van der Waals surface area contributed by atoms with Crippen molar-refractivity contribution in [3.05, 3.63) is 36.0 Å². The molecule has 0 aromatic heterocycles. The lowest BCUT2D eigenvalue weighted by Gasteiger charge is -2.36. The van der Waals surface area contributed by atoms with E-state index in [1.54, 1.807) is 0 Å². The van der Waals surface area contributed by atoms with Crippen molar-refractivity contribution >= 4 is 0 Å². The normalized spacial score (nSPS) is 35.9. The van der Waals surface area contributed by atoms with Gasteiger partial charge in [0, 0.05) is 18.0 Å². The SMILES string of the molecule is CC(N)NC1CC=CC2=CC=CC(N)C21. The van der Waals surface area contributed by atoms with E-state index in [4.69, 9.17) is 11.5 Å². The molecular weight excluding hydrogens is 186 g/mol. The highest BCUT2D eigenvalue weighted by atomic mass is 15.0. The van der Waals surface area contributed by atoms with Crippen LogP contribution in [0.3, 0.4) is 0 Å². The molecular formula is C12H19N3. The number of rotatable bonds is 2. The lowest BCUT2D eigenvalue weighted by molar-refractivity contribution is 0.337. The molecule has 82 valence electrons. The standard InChI is InChI=1S/C12H19N3/c1-8(13)15-11-7-3-5-9-4-2-6-10(14)12(9)11/h2-6,8,10-12,15H,7,13-14H2,1H3. The molecule has 4 unspecified atom stereocenters. The molecule has 0 saturated carbocycles. The summed E-state index contributed by atoms with van der Waals surface area (Å²) in [5.74, 6) is 0.367. The quantitative estimate of drug-likeness (QED) is 0.580. The Kier molecular flexibility index (Phi) is 3.05. The Labute approximate surface area is 90.9 Å². The average molecular weight is 205 g/mol. The van der Waals surface area contributed by atoms with Crippen LogP contribution >= 0.6 is 0 Å². The molecule has 3 heteroatoms. The second-order valence-corrected chi connectivity index (χ2v) is 4.35. The fraction of sp³-hybridized carbons (Fsp3) is 0.500. The molecule has 3 nitrogen and oxygen atoms in total. The van der Waals surface area contributed by atoms with Gasteiger partial charge in [-0.3, -0.25) is 5.32 Å². The van der Waals surface area contributed by atoms with Crippen LogP contribution in [0.25, 0.3) is 0 Å². The van der Waals surface area contributed by atoms with Crippen LogP contribution in [-0.2, 0) is 0 Å². The Bertz CT molecular complexity index is 315. The topological polar surface area (TPSA) is 64.1 Å². The molecule has 0 bridgehead atoms. The highest BCUT2D eigenvalue weighted by Crippen LogP contribution is 2.30. The largest absolute Gasteiger partial charge is 0.324 e. The number of allylic oxidation sites excluding steroid dienone is 3. The number of nitrogens with two attached hydrogens (primary N) is 2. The molecule has 0 aromatic rings. The summed E-state index contributed by atoms with van der Waals surface area (Å²) in [6.45, 7) is 1.96. The van der Waals surface area contributed by atoms with E-state index < -0.39 is 0 Å². The molecule has 0 saturated heterocycles. The fourth-order valence-electron chi connectivity index (χ4n) is 2.42. The van der Waals surface area contributed by atoms with E-state index in [0.29, 0.717) is 12.0 Å². The average Bonchev–Trinajstić information content (AvgIpc) is 2.17. The molecule has 4 atom stereocenters. The first-order chi connectivity index (χ1) is 7.18. The van der Waals surface area contributed by atoms with E-state index in [0.717, 1.165) is 6.42 Å². The van der Waals surface area contributed by atoms with Crippen LogP contribution in [0.5, 0.6) is 0 Å². The molecule has 2 rings (SSSR count). The highest BCUT2D eigenvalue weighted by molar-refractivity contribution is 5.37. The number of hydrogen-bond donors (Lipinski definition) is 3. The summed E-state index contributed by atoms with van der Waals surface area (Å²) in [5, 5.41) is 3.38. The Balaban J connectivity index is 2.18. The second kappa shape index (κ2) is 4.31. The predicted octanol–water partition coefficient (Wildman–Crippen LogP) is 0.649. The zero-order valence-corrected chi connectivity index (χ0v) is 9.06. The second-order valence-electron chi connectivity index (χ2n) is 4.35. The van der Waals surface area contributed by atoms with E-state index in [1.807, 2.05) is 13.0 Å². The van der Waals surface area contributed by atoms with Crippen molar-refractivity contribution in [3.63, 3.8) is 0 Å². The van der Waals surface area contributed by atoms with Crippen LogP contribution < -0.4 is 16.8 Å². The van der Waals surface area contributed by atoms with Crippen LogP contribution in [0.1, 0.15) is 13.3 Å². The van der Waals surface area contributed by atoms with Crippen LogP contribution in [0.2, 0.25) is 0 Å². The number of nitrogens with one attached hydrogen (secondary N) is 1. The smallest absolute Gasteiger partial charge is 0.0519 e. The first-order valence-corrected chi connectivity index (χ1v) is 5.50. The summed E-state index contributed by atoms with van der Waals surface area (Å²) in [6, 6.07) is 0.465. The van der Waals surface area contributed by atoms with Crippen LogP contribution in [0.15, 0.2) is 36.0 Å². The van der Waals surface area contributed by atoms with E-state index in [1.165, 1.54) is 5.57 Å². The van der Waals surface area contributed by atoms with Crippen molar-refractivity contribution in [1.29, 1.82) is 0 Å². The minimum absolute atomic E-state index is 0.0147. The fourth-order valence-corrected chi connectivity index (χ4v) is 2.42. The van der Waals surface area contributed by atoms with Crippen LogP contribution in [0.4, 0.5) is 0 Å². The van der Waals surface area contributed by atoms with Gasteiger partial charge < -0.3 is 11.5 Å². The highest BCUT2D eigenvalue weighted by Gasteiger charge is 2.31. The first-order valence-electron chi connectivity index (χ1n) is 5.50. The molecule has 0 aliphatic heterocycles. The Morgan fingerprint density at radius 1 is 1.53 bits per heavy atom. The van der Waals surface area contributed by atoms with Gasteiger partial charge >= 0.3 is 0 Å². The molecule has 0 spiro atoms.